The van der Waals surface area contributed by atoms with E-state index in [4.69, 9.17) is 0 Å². The van der Waals surface area contributed by atoms with Crippen LogP contribution < -0.4 is 10.6 Å². The number of carbonyl (C=O) groups excluding carboxylic acids is 2. The molecular formula is C15H12BrFN2O2. The van der Waals surface area contributed by atoms with Crippen molar-refractivity contribution in [3.8, 4) is 0 Å². The number of anilines is 2. The van der Waals surface area contributed by atoms with Crippen molar-refractivity contribution in [2.75, 3.05) is 10.6 Å². The molecule has 2 aromatic carbocycles. The van der Waals surface area contributed by atoms with Crippen molar-refractivity contribution in [1.29, 1.82) is 0 Å². The molecule has 0 aliphatic carbocycles. The summed E-state index contributed by atoms with van der Waals surface area (Å²) in [6.45, 7) is 1.42. The molecule has 0 radical (unpaired) electrons. The third kappa shape index (κ3) is 4.13. The van der Waals surface area contributed by atoms with Crippen LogP contribution in [0.2, 0.25) is 0 Å². The molecule has 2 N–H and O–H groups in total. The maximum absolute atomic E-state index is 13.0. The molecule has 0 aromatic heterocycles. The summed E-state index contributed by atoms with van der Waals surface area (Å²) >= 11 is 3.15. The third-order valence-corrected chi connectivity index (χ3v) is 3.29. The molecule has 0 aliphatic heterocycles. The van der Waals surface area contributed by atoms with E-state index in [9.17, 15) is 14.0 Å². The molecule has 0 fully saturated rings. The van der Waals surface area contributed by atoms with Crippen molar-refractivity contribution in [2.24, 2.45) is 0 Å². The van der Waals surface area contributed by atoms with Gasteiger partial charge in [-0.1, -0.05) is 0 Å². The molecule has 0 spiro atoms. The van der Waals surface area contributed by atoms with Crippen molar-refractivity contribution in [2.45, 2.75) is 6.92 Å². The standard InChI is InChI=1S/C15H12BrFN2O2/c1-9(20)18-11-3-5-12(6-4-11)19-15(21)13-7-2-10(17)8-14(13)16/h2-8H,1H3,(H,18,20)(H,19,21). The number of benzene rings is 2. The number of halogens is 2. The summed E-state index contributed by atoms with van der Waals surface area (Å²) in [5.74, 6) is -0.936. The topological polar surface area (TPSA) is 58.2 Å². The van der Waals surface area contributed by atoms with Gasteiger partial charge >= 0.3 is 0 Å². The highest BCUT2D eigenvalue weighted by molar-refractivity contribution is 9.10. The number of carbonyl (C=O) groups is 2. The summed E-state index contributed by atoms with van der Waals surface area (Å²) in [6, 6.07) is 10.5. The Morgan fingerprint density at radius 1 is 1.00 bits per heavy atom. The minimum Gasteiger partial charge on any atom is -0.326 e. The van der Waals surface area contributed by atoms with Crippen LogP contribution in [0.1, 0.15) is 17.3 Å². The molecule has 0 saturated carbocycles. The van der Waals surface area contributed by atoms with E-state index in [-0.39, 0.29) is 11.8 Å². The summed E-state index contributed by atoms with van der Waals surface area (Å²) in [5, 5.41) is 5.33. The van der Waals surface area contributed by atoms with Crippen LogP contribution in [0.5, 0.6) is 0 Å². The van der Waals surface area contributed by atoms with E-state index >= 15 is 0 Å². The summed E-state index contributed by atoms with van der Waals surface area (Å²) in [6.07, 6.45) is 0. The minimum absolute atomic E-state index is 0.165. The molecule has 0 bridgehead atoms. The van der Waals surface area contributed by atoms with Crippen LogP contribution in [-0.2, 0) is 4.79 Å². The summed E-state index contributed by atoms with van der Waals surface area (Å²) < 4.78 is 13.4. The number of hydrogen-bond acceptors (Lipinski definition) is 2. The SMILES string of the molecule is CC(=O)Nc1ccc(NC(=O)c2ccc(F)cc2Br)cc1. The first-order valence-corrected chi connectivity index (χ1v) is 6.89. The fourth-order valence-electron chi connectivity index (χ4n) is 1.71. The van der Waals surface area contributed by atoms with Crippen LogP contribution in [-0.4, -0.2) is 11.8 Å². The van der Waals surface area contributed by atoms with Gasteiger partial charge in [0, 0.05) is 22.8 Å². The number of rotatable bonds is 3. The van der Waals surface area contributed by atoms with E-state index in [0.29, 0.717) is 21.4 Å². The van der Waals surface area contributed by atoms with Gasteiger partial charge in [-0.2, -0.15) is 0 Å². The summed E-state index contributed by atoms with van der Waals surface area (Å²) in [4.78, 5) is 23.0. The maximum Gasteiger partial charge on any atom is 0.256 e. The van der Waals surface area contributed by atoms with Gasteiger partial charge in [0.25, 0.3) is 5.91 Å². The Kier molecular flexibility index (Phi) is 4.70. The van der Waals surface area contributed by atoms with Gasteiger partial charge in [0.1, 0.15) is 5.82 Å². The van der Waals surface area contributed by atoms with E-state index in [2.05, 4.69) is 26.6 Å². The van der Waals surface area contributed by atoms with Crippen LogP contribution >= 0.6 is 15.9 Å². The Hall–Kier alpha value is -2.21. The van der Waals surface area contributed by atoms with Crippen molar-refractivity contribution < 1.29 is 14.0 Å². The molecule has 2 rings (SSSR count). The van der Waals surface area contributed by atoms with Gasteiger partial charge in [-0.3, -0.25) is 9.59 Å². The molecule has 0 atom stereocenters. The lowest BCUT2D eigenvalue weighted by Gasteiger charge is -2.08. The highest BCUT2D eigenvalue weighted by Crippen LogP contribution is 2.20. The summed E-state index contributed by atoms with van der Waals surface area (Å²) in [5.41, 5.74) is 1.55. The molecule has 0 aliphatic rings. The van der Waals surface area contributed by atoms with Gasteiger partial charge in [0.05, 0.1) is 5.56 Å². The molecule has 108 valence electrons. The number of amides is 2. The van der Waals surface area contributed by atoms with E-state index < -0.39 is 5.82 Å². The average Bonchev–Trinajstić information content (AvgIpc) is 2.40. The lowest BCUT2D eigenvalue weighted by molar-refractivity contribution is -0.114. The predicted octanol–water partition coefficient (Wildman–Crippen LogP) is 3.80. The average molecular weight is 351 g/mol. The third-order valence-electron chi connectivity index (χ3n) is 2.64. The second-order valence-corrected chi connectivity index (χ2v) is 5.19. The number of nitrogens with one attached hydrogen (secondary N) is 2. The van der Waals surface area contributed by atoms with Gasteiger partial charge in [0.2, 0.25) is 5.91 Å². The molecule has 21 heavy (non-hydrogen) atoms. The second-order valence-electron chi connectivity index (χ2n) is 4.34. The fraction of sp³-hybridized carbons (Fsp3) is 0.0667. The molecule has 6 heteroatoms. The van der Waals surface area contributed by atoms with Crippen LogP contribution in [0, 0.1) is 5.82 Å². The van der Waals surface area contributed by atoms with E-state index in [1.54, 1.807) is 24.3 Å². The van der Waals surface area contributed by atoms with E-state index in [1.807, 2.05) is 0 Å². The van der Waals surface area contributed by atoms with Crippen molar-refractivity contribution in [3.63, 3.8) is 0 Å². The molecule has 2 aromatic rings. The Labute approximate surface area is 129 Å². The Morgan fingerprint density at radius 3 is 2.10 bits per heavy atom. The fourth-order valence-corrected chi connectivity index (χ4v) is 2.24. The van der Waals surface area contributed by atoms with Crippen molar-refractivity contribution in [1.82, 2.24) is 0 Å². The maximum atomic E-state index is 13.0. The van der Waals surface area contributed by atoms with E-state index in [1.165, 1.54) is 25.1 Å². The van der Waals surface area contributed by atoms with Crippen LogP contribution in [0.4, 0.5) is 15.8 Å². The minimum atomic E-state index is -0.418. The molecule has 0 unspecified atom stereocenters. The predicted molar refractivity (Wildman–Crippen MR) is 82.8 cm³/mol. The first-order valence-electron chi connectivity index (χ1n) is 6.10. The Bertz CT molecular complexity index is 687. The Morgan fingerprint density at radius 2 is 1.57 bits per heavy atom. The first-order chi connectivity index (χ1) is 9.95. The lowest BCUT2D eigenvalue weighted by Crippen LogP contribution is -2.13. The highest BCUT2D eigenvalue weighted by atomic mass is 79.9. The van der Waals surface area contributed by atoms with Crippen molar-refractivity contribution >= 4 is 39.1 Å². The molecule has 2 amide bonds. The van der Waals surface area contributed by atoms with E-state index in [0.717, 1.165) is 0 Å². The van der Waals surface area contributed by atoms with Gasteiger partial charge < -0.3 is 10.6 Å². The lowest BCUT2D eigenvalue weighted by atomic mass is 10.2. The molecule has 0 saturated heterocycles. The van der Waals surface area contributed by atoms with Crippen LogP contribution in [0.3, 0.4) is 0 Å². The smallest absolute Gasteiger partial charge is 0.256 e. The van der Waals surface area contributed by atoms with Gasteiger partial charge in [-0.25, -0.2) is 4.39 Å². The monoisotopic (exact) mass is 350 g/mol. The molecule has 0 heterocycles. The highest BCUT2D eigenvalue weighted by Gasteiger charge is 2.11. The zero-order valence-corrected chi connectivity index (χ0v) is 12.7. The van der Waals surface area contributed by atoms with Crippen LogP contribution in [0.15, 0.2) is 46.9 Å². The largest absolute Gasteiger partial charge is 0.326 e. The van der Waals surface area contributed by atoms with Gasteiger partial charge in [-0.05, 0) is 58.4 Å². The van der Waals surface area contributed by atoms with Crippen LogP contribution in [0.25, 0.3) is 0 Å². The Balaban J connectivity index is 2.10. The summed E-state index contributed by atoms with van der Waals surface area (Å²) in [7, 11) is 0. The zero-order chi connectivity index (χ0) is 15.4. The molecule has 4 nitrogen and oxygen atoms in total. The van der Waals surface area contributed by atoms with Gasteiger partial charge in [-0.15, -0.1) is 0 Å². The second kappa shape index (κ2) is 6.49. The first kappa shape index (κ1) is 15.2. The molecular weight excluding hydrogens is 339 g/mol. The quantitative estimate of drug-likeness (QED) is 0.884. The van der Waals surface area contributed by atoms with Crippen molar-refractivity contribution in [3.05, 3.63) is 58.3 Å². The number of hydrogen-bond donors (Lipinski definition) is 2. The van der Waals surface area contributed by atoms with Gasteiger partial charge in [0.15, 0.2) is 0 Å². The normalized spacial score (nSPS) is 10.0. The zero-order valence-electron chi connectivity index (χ0n) is 11.1.